The molecular formula is C11H12N6O3S. The molecule has 2 rings (SSSR count). The van der Waals surface area contributed by atoms with Crippen LogP contribution in [0, 0.1) is 10.1 Å². The molecule has 21 heavy (non-hydrogen) atoms. The Morgan fingerprint density at radius 3 is 2.95 bits per heavy atom. The fraction of sp³-hybridized carbons (Fsp3) is 0.182. The van der Waals surface area contributed by atoms with Crippen molar-refractivity contribution in [1.82, 2.24) is 20.4 Å². The van der Waals surface area contributed by atoms with Crippen LogP contribution < -0.4 is 11.3 Å². The van der Waals surface area contributed by atoms with Crippen molar-refractivity contribution in [2.24, 2.45) is 5.84 Å². The van der Waals surface area contributed by atoms with Gasteiger partial charge in [-0.2, -0.15) is 0 Å². The normalized spacial score (nSPS) is 10.3. The molecule has 0 aliphatic rings. The van der Waals surface area contributed by atoms with E-state index in [-0.39, 0.29) is 11.4 Å². The third kappa shape index (κ3) is 3.77. The van der Waals surface area contributed by atoms with Crippen LogP contribution in [0.1, 0.15) is 10.5 Å². The lowest BCUT2D eigenvalue weighted by Gasteiger charge is -2.02. The minimum atomic E-state index is -0.521. The number of aryl methyl sites for hydroxylation is 1. The highest BCUT2D eigenvalue weighted by Crippen LogP contribution is 2.28. The van der Waals surface area contributed by atoms with E-state index in [1.54, 1.807) is 18.2 Å². The predicted molar refractivity (Wildman–Crippen MR) is 75.5 cm³/mol. The highest BCUT2D eigenvalue weighted by Gasteiger charge is 2.13. The molecule has 0 saturated heterocycles. The Kier molecular flexibility index (Phi) is 4.85. The van der Waals surface area contributed by atoms with Gasteiger partial charge < -0.3 is 0 Å². The second kappa shape index (κ2) is 6.81. The second-order valence-corrected chi connectivity index (χ2v) is 5.05. The van der Waals surface area contributed by atoms with E-state index in [2.05, 4.69) is 10.3 Å². The number of nitrogens with two attached hydrogens (primary N) is 1. The molecule has 0 atom stereocenters. The molecule has 1 aromatic carbocycles. The SMILES string of the molecule is NNC(=O)c1cn(CCSc2ccccc2[N+](=O)[O-])nn1. The number of benzene rings is 1. The van der Waals surface area contributed by atoms with Gasteiger partial charge >= 0.3 is 0 Å². The summed E-state index contributed by atoms with van der Waals surface area (Å²) in [5.41, 5.74) is 2.15. The Balaban J connectivity index is 1.94. The first-order chi connectivity index (χ1) is 10.1. The topological polar surface area (TPSA) is 129 Å². The minimum Gasteiger partial charge on any atom is -0.289 e. The van der Waals surface area contributed by atoms with Gasteiger partial charge in [0.05, 0.1) is 22.6 Å². The molecule has 0 radical (unpaired) electrons. The standard InChI is InChI=1S/C11H12N6O3S/c12-13-11(18)8-7-16(15-14-8)5-6-21-10-4-2-1-3-9(10)17(19)20/h1-4,7H,5-6,12H2,(H,13,18). The first-order valence-electron chi connectivity index (χ1n) is 5.89. The first kappa shape index (κ1) is 14.9. The molecule has 0 spiro atoms. The van der Waals surface area contributed by atoms with Crippen molar-refractivity contribution in [1.29, 1.82) is 0 Å². The monoisotopic (exact) mass is 308 g/mol. The summed E-state index contributed by atoms with van der Waals surface area (Å²) in [5.74, 6) is 5.02. The average molecular weight is 308 g/mol. The highest BCUT2D eigenvalue weighted by atomic mass is 32.2. The Bertz CT molecular complexity index is 659. The molecule has 9 nitrogen and oxygen atoms in total. The second-order valence-electron chi connectivity index (χ2n) is 3.91. The van der Waals surface area contributed by atoms with E-state index in [0.29, 0.717) is 17.2 Å². The van der Waals surface area contributed by atoms with Gasteiger partial charge in [-0.1, -0.05) is 17.3 Å². The Hall–Kier alpha value is -2.46. The van der Waals surface area contributed by atoms with Crippen LogP contribution in [0.15, 0.2) is 35.4 Å². The molecule has 10 heteroatoms. The van der Waals surface area contributed by atoms with Crippen LogP contribution in [0.3, 0.4) is 0 Å². The summed E-state index contributed by atoms with van der Waals surface area (Å²) in [6.07, 6.45) is 1.46. The van der Waals surface area contributed by atoms with Crippen LogP contribution in [-0.4, -0.2) is 31.6 Å². The molecule has 2 aromatic rings. The summed E-state index contributed by atoms with van der Waals surface area (Å²) in [4.78, 5) is 22.3. The van der Waals surface area contributed by atoms with Gasteiger partial charge in [-0.25, -0.2) is 5.84 Å². The van der Waals surface area contributed by atoms with Gasteiger partial charge in [-0.15, -0.1) is 16.9 Å². The summed E-state index contributed by atoms with van der Waals surface area (Å²) in [5, 5.41) is 18.3. The summed E-state index contributed by atoms with van der Waals surface area (Å²) in [7, 11) is 0. The lowest BCUT2D eigenvalue weighted by molar-refractivity contribution is -0.387. The zero-order chi connectivity index (χ0) is 15.2. The Labute approximate surface area is 123 Å². The number of amides is 1. The number of hydrogen-bond acceptors (Lipinski definition) is 7. The minimum absolute atomic E-state index is 0.0734. The summed E-state index contributed by atoms with van der Waals surface area (Å²) >= 11 is 1.34. The number of nitrogens with zero attached hydrogens (tertiary/aromatic N) is 4. The van der Waals surface area contributed by atoms with Crippen molar-refractivity contribution in [2.75, 3.05) is 5.75 Å². The van der Waals surface area contributed by atoms with Crippen molar-refractivity contribution in [3.8, 4) is 0 Å². The van der Waals surface area contributed by atoms with Crippen LogP contribution in [0.5, 0.6) is 0 Å². The van der Waals surface area contributed by atoms with Gasteiger partial charge in [0.25, 0.3) is 11.6 Å². The number of aromatic nitrogens is 3. The van der Waals surface area contributed by atoms with Crippen molar-refractivity contribution in [3.05, 3.63) is 46.3 Å². The number of thioether (sulfide) groups is 1. The molecule has 0 fully saturated rings. The zero-order valence-corrected chi connectivity index (χ0v) is 11.6. The lowest BCUT2D eigenvalue weighted by Crippen LogP contribution is -2.30. The largest absolute Gasteiger partial charge is 0.289 e. The van der Waals surface area contributed by atoms with Crippen molar-refractivity contribution in [2.45, 2.75) is 11.4 Å². The molecule has 1 amide bonds. The maximum absolute atomic E-state index is 11.2. The van der Waals surface area contributed by atoms with Gasteiger partial charge in [-0.05, 0) is 6.07 Å². The quantitative estimate of drug-likeness (QED) is 0.262. The van der Waals surface area contributed by atoms with Gasteiger partial charge in [0.2, 0.25) is 0 Å². The maximum Gasteiger partial charge on any atom is 0.287 e. The number of carbonyl (C=O) groups excluding carboxylic acids is 1. The van der Waals surface area contributed by atoms with E-state index in [4.69, 9.17) is 5.84 Å². The van der Waals surface area contributed by atoms with Gasteiger partial charge in [0.15, 0.2) is 5.69 Å². The Morgan fingerprint density at radius 2 is 2.24 bits per heavy atom. The van der Waals surface area contributed by atoms with Crippen LogP contribution in [0.2, 0.25) is 0 Å². The number of para-hydroxylation sites is 1. The van der Waals surface area contributed by atoms with E-state index >= 15 is 0 Å². The smallest absolute Gasteiger partial charge is 0.287 e. The van der Waals surface area contributed by atoms with Crippen LogP contribution >= 0.6 is 11.8 Å². The van der Waals surface area contributed by atoms with Crippen LogP contribution in [-0.2, 0) is 6.54 Å². The molecule has 1 aromatic heterocycles. The van der Waals surface area contributed by atoms with Crippen LogP contribution in [0.25, 0.3) is 0 Å². The van der Waals surface area contributed by atoms with E-state index < -0.39 is 10.8 Å². The number of nitrogens with one attached hydrogen (secondary N) is 1. The third-order valence-corrected chi connectivity index (χ3v) is 3.59. The molecule has 0 unspecified atom stereocenters. The van der Waals surface area contributed by atoms with Gasteiger partial charge in [0, 0.05) is 11.8 Å². The molecule has 0 aliphatic heterocycles. The fourth-order valence-electron chi connectivity index (χ4n) is 1.56. The number of nitrogen functional groups attached to an aromatic ring is 1. The third-order valence-electron chi connectivity index (χ3n) is 2.54. The number of nitro groups is 1. The number of nitro benzene ring substituents is 1. The fourth-order valence-corrected chi connectivity index (χ4v) is 2.53. The van der Waals surface area contributed by atoms with Crippen LogP contribution in [0.4, 0.5) is 5.69 Å². The molecule has 110 valence electrons. The summed E-state index contributed by atoms with van der Waals surface area (Å²) in [6.45, 7) is 0.460. The van der Waals surface area contributed by atoms with Crippen molar-refractivity contribution < 1.29 is 9.72 Å². The Morgan fingerprint density at radius 1 is 1.48 bits per heavy atom. The molecule has 0 saturated carbocycles. The molecule has 3 N–H and O–H groups in total. The number of rotatable bonds is 6. The van der Waals surface area contributed by atoms with Gasteiger partial charge in [0.1, 0.15) is 0 Å². The number of hydrogen-bond donors (Lipinski definition) is 2. The maximum atomic E-state index is 11.2. The number of carbonyl (C=O) groups is 1. The van der Waals surface area contributed by atoms with Crippen molar-refractivity contribution >= 4 is 23.4 Å². The zero-order valence-electron chi connectivity index (χ0n) is 10.8. The van der Waals surface area contributed by atoms with E-state index in [1.807, 2.05) is 5.43 Å². The molecule has 0 aliphatic carbocycles. The first-order valence-corrected chi connectivity index (χ1v) is 6.87. The molecule has 0 bridgehead atoms. The van der Waals surface area contributed by atoms with Gasteiger partial charge in [-0.3, -0.25) is 25.0 Å². The van der Waals surface area contributed by atoms with E-state index in [1.165, 1.54) is 28.7 Å². The molecule has 1 heterocycles. The summed E-state index contributed by atoms with van der Waals surface area (Å²) < 4.78 is 1.48. The van der Waals surface area contributed by atoms with Crippen molar-refractivity contribution in [3.63, 3.8) is 0 Å². The lowest BCUT2D eigenvalue weighted by atomic mass is 10.3. The highest BCUT2D eigenvalue weighted by molar-refractivity contribution is 7.99. The molecular weight excluding hydrogens is 296 g/mol. The van der Waals surface area contributed by atoms with E-state index in [9.17, 15) is 14.9 Å². The average Bonchev–Trinajstić information content (AvgIpc) is 2.95. The predicted octanol–water partition coefficient (Wildman–Crippen LogP) is 0.582. The van der Waals surface area contributed by atoms with E-state index in [0.717, 1.165) is 0 Å². The summed E-state index contributed by atoms with van der Waals surface area (Å²) in [6, 6.07) is 6.52. The number of hydrazine groups is 1.